The molecule has 0 bridgehead atoms. The van der Waals surface area contributed by atoms with Gasteiger partial charge in [-0.15, -0.1) is 0 Å². The number of methoxy groups -OCH3 is 1. The van der Waals surface area contributed by atoms with Crippen LogP contribution in [0.4, 0.5) is 5.69 Å². The monoisotopic (exact) mass is 333 g/mol. The summed E-state index contributed by atoms with van der Waals surface area (Å²) in [7, 11) is 1.39. The van der Waals surface area contributed by atoms with Gasteiger partial charge in [-0.05, 0) is 26.0 Å². The third-order valence-corrected chi connectivity index (χ3v) is 3.34. The molecule has 0 spiro atoms. The molecule has 116 valence electrons. The lowest BCUT2D eigenvalue weighted by Crippen LogP contribution is -2.46. The highest BCUT2D eigenvalue weighted by atomic mass is 35.5. The van der Waals surface area contributed by atoms with Crippen LogP contribution in [-0.2, 0) is 19.1 Å². The Labute approximate surface area is 133 Å². The van der Waals surface area contributed by atoms with E-state index in [1.807, 2.05) is 0 Å². The van der Waals surface area contributed by atoms with Crippen LogP contribution in [0.25, 0.3) is 0 Å². The molecule has 7 heteroatoms. The average Bonchev–Trinajstić information content (AvgIpc) is 2.42. The van der Waals surface area contributed by atoms with E-state index in [1.165, 1.54) is 12.0 Å². The van der Waals surface area contributed by atoms with Crippen molar-refractivity contribution in [1.29, 1.82) is 0 Å². The number of halogens is 2. The van der Waals surface area contributed by atoms with E-state index < -0.39 is 17.9 Å². The summed E-state index contributed by atoms with van der Waals surface area (Å²) in [6.07, 6.45) is 0. The van der Waals surface area contributed by atoms with Crippen molar-refractivity contribution in [3.8, 4) is 0 Å². The number of nitrogens with zero attached hydrogens (tertiary/aromatic N) is 1. The van der Waals surface area contributed by atoms with E-state index in [4.69, 9.17) is 32.7 Å². The lowest BCUT2D eigenvalue weighted by Gasteiger charge is -2.29. The number of amides is 1. The largest absolute Gasteiger partial charge is 0.464 e. The van der Waals surface area contributed by atoms with Crippen LogP contribution < -0.4 is 4.90 Å². The van der Waals surface area contributed by atoms with Crippen LogP contribution in [-0.4, -0.2) is 38.2 Å². The summed E-state index contributed by atoms with van der Waals surface area (Å²) in [6, 6.07) is 3.97. The molecule has 0 fully saturated rings. The van der Waals surface area contributed by atoms with Crippen LogP contribution in [0.2, 0.25) is 10.0 Å². The van der Waals surface area contributed by atoms with Gasteiger partial charge in [-0.2, -0.15) is 0 Å². The van der Waals surface area contributed by atoms with Crippen molar-refractivity contribution in [3.63, 3.8) is 0 Å². The summed E-state index contributed by atoms with van der Waals surface area (Å²) in [5, 5.41) is 0.534. The van der Waals surface area contributed by atoms with Gasteiger partial charge in [-0.1, -0.05) is 29.3 Å². The third kappa shape index (κ3) is 4.33. The SMILES string of the molecule is CCOC(=O)C(C)N(C(=O)COC)c1c(Cl)cccc1Cl. The van der Waals surface area contributed by atoms with E-state index in [9.17, 15) is 9.59 Å². The van der Waals surface area contributed by atoms with Crippen molar-refractivity contribution < 1.29 is 19.1 Å². The number of carbonyl (C=O) groups excluding carboxylic acids is 2. The fourth-order valence-electron chi connectivity index (χ4n) is 1.81. The van der Waals surface area contributed by atoms with E-state index in [0.717, 1.165) is 0 Å². The van der Waals surface area contributed by atoms with Crippen molar-refractivity contribution in [2.75, 3.05) is 25.2 Å². The summed E-state index contributed by atoms with van der Waals surface area (Å²) in [4.78, 5) is 25.4. The lowest BCUT2D eigenvalue weighted by molar-refractivity contribution is -0.145. The fraction of sp³-hybridized carbons (Fsp3) is 0.429. The van der Waals surface area contributed by atoms with Gasteiger partial charge in [0.05, 0.1) is 22.3 Å². The number of esters is 1. The molecule has 0 N–H and O–H groups in total. The predicted molar refractivity (Wildman–Crippen MR) is 81.9 cm³/mol. The van der Waals surface area contributed by atoms with Crippen molar-refractivity contribution >= 4 is 40.8 Å². The molecule has 0 aliphatic heterocycles. The van der Waals surface area contributed by atoms with E-state index in [1.54, 1.807) is 32.0 Å². The zero-order chi connectivity index (χ0) is 16.0. The molecule has 0 saturated carbocycles. The molecule has 0 saturated heterocycles. The number of rotatable bonds is 6. The van der Waals surface area contributed by atoms with E-state index in [0.29, 0.717) is 0 Å². The van der Waals surface area contributed by atoms with Gasteiger partial charge in [0.25, 0.3) is 5.91 Å². The van der Waals surface area contributed by atoms with Gasteiger partial charge >= 0.3 is 5.97 Å². The second-order valence-electron chi connectivity index (χ2n) is 4.20. The molecule has 1 rings (SSSR count). The molecule has 0 aliphatic rings. The standard InChI is InChI=1S/C14H17Cl2NO4/c1-4-21-14(19)9(2)17(12(18)8-20-3)13-10(15)6-5-7-11(13)16/h5-7,9H,4,8H2,1-3H3. The number of carbonyl (C=O) groups is 2. The molecule has 0 aromatic heterocycles. The Morgan fingerprint density at radius 3 is 2.33 bits per heavy atom. The predicted octanol–water partition coefficient (Wildman–Crippen LogP) is 2.92. The van der Waals surface area contributed by atoms with Gasteiger partial charge in [0.2, 0.25) is 0 Å². The van der Waals surface area contributed by atoms with Crippen LogP contribution in [0, 0.1) is 0 Å². The van der Waals surface area contributed by atoms with Crippen LogP contribution in [0.15, 0.2) is 18.2 Å². The molecule has 5 nitrogen and oxygen atoms in total. The molecule has 1 unspecified atom stereocenters. The van der Waals surface area contributed by atoms with Gasteiger partial charge in [-0.3, -0.25) is 9.69 Å². The molecular weight excluding hydrogens is 317 g/mol. The van der Waals surface area contributed by atoms with Crippen molar-refractivity contribution in [2.24, 2.45) is 0 Å². The number of anilines is 1. The maximum atomic E-state index is 12.3. The second kappa shape index (κ2) is 8.22. The van der Waals surface area contributed by atoms with Crippen molar-refractivity contribution in [1.82, 2.24) is 0 Å². The molecule has 1 aromatic carbocycles. The van der Waals surface area contributed by atoms with Gasteiger partial charge in [-0.25, -0.2) is 4.79 Å². The van der Waals surface area contributed by atoms with Gasteiger partial charge in [0.15, 0.2) is 0 Å². The topological polar surface area (TPSA) is 55.8 Å². The van der Waals surface area contributed by atoms with Crippen LogP contribution in [0.3, 0.4) is 0 Å². The zero-order valence-corrected chi connectivity index (χ0v) is 13.6. The summed E-state index contributed by atoms with van der Waals surface area (Å²) < 4.78 is 9.80. The highest BCUT2D eigenvalue weighted by Crippen LogP contribution is 2.35. The Hall–Kier alpha value is -1.30. The Morgan fingerprint density at radius 1 is 1.29 bits per heavy atom. The fourth-order valence-corrected chi connectivity index (χ4v) is 2.39. The van der Waals surface area contributed by atoms with Crippen molar-refractivity contribution in [3.05, 3.63) is 28.2 Å². The first-order valence-corrected chi connectivity index (χ1v) is 7.11. The minimum Gasteiger partial charge on any atom is -0.464 e. The molecular formula is C14H17Cl2NO4. The van der Waals surface area contributed by atoms with E-state index in [-0.39, 0.29) is 28.9 Å². The van der Waals surface area contributed by atoms with Crippen LogP contribution >= 0.6 is 23.2 Å². The first-order valence-electron chi connectivity index (χ1n) is 6.35. The summed E-state index contributed by atoms with van der Waals surface area (Å²) in [5.41, 5.74) is 0.267. The number of hydrogen-bond acceptors (Lipinski definition) is 4. The number of para-hydroxylation sites is 1. The Morgan fingerprint density at radius 2 is 1.86 bits per heavy atom. The molecule has 1 amide bonds. The minimum atomic E-state index is -0.870. The quantitative estimate of drug-likeness (QED) is 0.751. The lowest BCUT2D eigenvalue weighted by atomic mass is 10.2. The second-order valence-corrected chi connectivity index (χ2v) is 5.01. The first kappa shape index (κ1) is 17.8. The smallest absolute Gasteiger partial charge is 0.328 e. The number of benzene rings is 1. The molecule has 0 heterocycles. The van der Waals surface area contributed by atoms with E-state index in [2.05, 4.69) is 0 Å². The number of ether oxygens (including phenoxy) is 2. The average molecular weight is 334 g/mol. The highest BCUT2D eigenvalue weighted by Gasteiger charge is 2.31. The molecule has 21 heavy (non-hydrogen) atoms. The summed E-state index contributed by atoms with van der Waals surface area (Å²) >= 11 is 12.2. The maximum absolute atomic E-state index is 12.3. The van der Waals surface area contributed by atoms with E-state index >= 15 is 0 Å². The van der Waals surface area contributed by atoms with Gasteiger partial charge < -0.3 is 9.47 Å². The number of hydrogen-bond donors (Lipinski definition) is 0. The van der Waals surface area contributed by atoms with Gasteiger partial charge in [0.1, 0.15) is 12.6 Å². The Bertz CT molecular complexity index is 501. The third-order valence-electron chi connectivity index (χ3n) is 2.73. The maximum Gasteiger partial charge on any atom is 0.328 e. The highest BCUT2D eigenvalue weighted by molar-refractivity contribution is 6.40. The Kier molecular flexibility index (Phi) is 6.95. The zero-order valence-electron chi connectivity index (χ0n) is 12.1. The van der Waals surface area contributed by atoms with Crippen molar-refractivity contribution in [2.45, 2.75) is 19.9 Å². The summed E-state index contributed by atoms with van der Waals surface area (Å²) in [6.45, 7) is 3.25. The normalized spacial score (nSPS) is 11.9. The van der Waals surface area contributed by atoms with Crippen LogP contribution in [0.5, 0.6) is 0 Å². The molecule has 1 atom stereocenters. The minimum absolute atomic E-state index is 0.203. The Balaban J connectivity index is 3.25. The first-order chi connectivity index (χ1) is 9.93. The van der Waals surface area contributed by atoms with Crippen LogP contribution in [0.1, 0.15) is 13.8 Å². The van der Waals surface area contributed by atoms with Gasteiger partial charge in [0, 0.05) is 7.11 Å². The summed E-state index contributed by atoms with van der Waals surface area (Å²) in [5.74, 6) is -0.981. The molecule has 1 aromatic rings. The molecule has 0 aliphatic carbocycles. The molecule has 0 radical (unpaired) electrons.